The molecule has 1 heterocycles. The Morgan fingerprint density at radius 2 is 1.89 bits per heavy atom. The van der Waals surface area contributed by atoms with Crippen LogP contribution < -0.4 is 15.5 Å². The number of hydrogen-bond donors (Lipinski definition) is 2. The van der Waals surface area contributed by atoms with Crippen molar-refractivity contribution in [2.24, 2.45) is 5.92 Å². The van der Waals surface area contributed by atoms with Crippen LogP contribution in [0.1, 0.15) is 31.5 Å². The summed E-state index contributed by atoms with van der Waals surface area (Å²) in [6.07, 6.45) is 3.32. The first-order chi connectivity index (χ1) is 13.3. The standard InChI is InChI=1S/C20H25ClFN5O/c1-12-23-18(11-19(24-12)27(2)3)25-14-6-4-13(5-7-14)20(28)26-15-8-9-17(22)16(21)10-15/h8-11,13-14H,4-7H2,1-3H3,(H,26,28)(H,23,24,25)/t13-,14+. The number of hydrogen-bond acceptors (Lipinski definition) is 5. The Hall–Kier alpha value is -2.41. The number of nitrogens with zero attached hydrogens (tertiary/aromatic N) is 3. The van der Waals surface area contributed by atoms with E-state index in [2.05, 4.69) is 20.6 Å². The minimum absolute atomic E-state index is 0.00273. The minimum Gasteiger partial charge on any atom is -0.367 e. The molecular weight excluding hydrogens is 381 g/mol. The highest BCUT2D eigenvalue weighted by atomic mass is 35.5. The van der Waals surface area contributed by atoms with Gasteiger partial charge in [0, 0.05) is 37.8 Å². The molecule has 0 spiro atoms. The maximum atomic E-state index is 13.2. The Balaban J connectivity index is 1.54. The van der Waals surface area contributed by atoms with Crippen LogP contribution in [0, 0.1) is 18.7 Å². The van der Waals surface area contributed by atoms with Gasteiger partial charge >= 0.3 is 0 Å². The van der Waals surface area contributed by atoms with E-state index >= 15 is 0 Å². The quantitative estimate of drug-likeness (QED) is 0.778. The van der Waals surface area contributed by atoms with Crippen LogP contribution in [-0.4, -0.2) is 36.0 Å². The summed E-state index contributed by atoms with van der Waals surface area (Å²) in [6, 6.07) is 6.41. The predicted molar refractivity (Wildman–Crippen MR) is 111 cm³/mol. The van der Waals surface area contributed by atoms with Gasteiger partial charge < -0.3 is 15.5 Å². The van der Waals surface area contributed by atoms with Crippen LogP contribution in [0.2, 0.25) is 5.02 Å². The van der Waals surface area contributed by atoms with Crippen molar-refractivity contribution in [2.75, 3.05) is 29.6 Å². The Morgan fingerprint density at radius 3 is 2.54 bits per heavy atom. The van der Waals surface area contributed by atoms with Crippen LogP contribution in [0.15, 0.2) is 24.3 Å². The minimum atomic E-state index is -0.497. The van der Waals surface area contributed by atoms with E-state index in [-0.39, 0.29) is 22.9 Å². The number of anilines is 3. The molecule has 1 aliphatic carbocycles. The molecule has 28 heavy (non-hydrogen) atoms. The van der Waals surface area contributed by atoms with Crippen LogP contribution in [0.25, 0.3) is 0 Å². The normalized spacial score (nSPS) is 19.2. The van der Waals surface area contributed by atoms with Crippen LogP contribution in [-0.2, 0) is 4.79 Å². The van der Waals surface area contributed by atoms with E-state index in [1.54, 1.807) is 0 Å². The fourth-order valence-corrected chi connectivity index (χ4v) is 3.56. The molecule has 1 fully saturated rings. The van der Waals surface area contributed by atoms with E-state index in [9.17, 15) is 9.18 Å². The fraction of sp³-hybridized carbons (Fsp3) is 0.450. The third-order valence-electron chi connectivity index (χ3n) is 4.92. The smallest absolute Gasteiger partial charge is 0.227 e. The van der Waals surface area contributed by atoms with Crippen molar-refractivity contribution in [2.45, 2.75) is 38.6 Å². The summed E-state index contributed by atoms with van der Waals surface area (Å²) in [6.45, 7) is 1.88. The van der Waals surface area contributed by atoms with Gasteiger partial charge in [-0.2, -0.15) is 0 Å². The average Bonchev–Trinajstić information content (AvgIpc) is 2.65. The maximum absolute atomic E-state index is 13.2. The zero-order valence-corrected chi connectivity index (χ0v) is 17.1. The van der Waals surface area contributed by atoms with Crippen molar-refractivity contribution in [3.63, 3.8) is 0 Å². The number of nitrogens with one attached hydrogen (secondary N) is 2. The summed E-state index contributed by atoms with van der Waals surface area (Å²) in [5.41, 5.74) is 0.518. The lowest BCUT2D eigenvalue weighted by molar-refractivity contribution is -0.120. The Labute approximate surface area is 169 Å². The zero-order chi connectivity index (χ0) is 20.3. The molecule has 1 amide bonds. The topological polar surface area (TPSA) is 70.2 Å². The van der Waals surface area contributed by atoms with Crippen molar-refractivity contribution < 1.29 is 9.18 Å². The highest BCUT2D eigenvalue weighted by Gasteiger charge is 2.26. The summed E-state index contributed by atoms with van der Waals surface area (Å²) in [5, 5.41) is 6.31. The van der Waals surface area contributed by atoms with Crippen molar-refractivity contribution in [3.05, 3.63) is 40.9 Å². The second kappa shape index (κ2) is 8.73. The van der Waals surface area contributed by atoms with E-state index < -0.39 is 5.82 Å². The zero-order valence-electron chi connectivity index (χ0n) is 16.3. The molecule has 6 nitrogen and oxygen atoms in total. The fourth-order valence-electron chi connectivity index (χ4n) is 3.38. The highest BCUT2D eigenvalue weighted by Crippen LogP contribution is 2.28. The summed E-state index contributed by atoms with van der Waals surface area (Å²) >= 11 is 5.77. The first kappa shape index (κ1) is 20.3. The molecule has 2 N–H and O–H groups in total. The van der Waals surface area contributed by atoms with Gasteiger partial charge in [0.15, 0.2) is 0 Å². The number of amides is 1. The molecule has 2 aromatic rings. The van der Waals surface area contributed by atoms with Crippen molar-refractivity contribution in [1.82, 2.24) is 9.97 Å². The lowest BCUT2D eigenvalue weighted by Crippen LogP contribution is -2.32. The van der Waals surface area contributed by atoms with E-state index in [0.29, 0.717) is 5.69 Å². The third kappa shape index (κ3) is 5.10. The van der Waals surface area contributed by atoms with Crippen LogP contribution in [0.4, 0.5) is 21.7 Å². The molecule has 0 radical (unpaired) electrons. The molecule has 1 saturated carbocycles. The van der Waals surface area contributed by atoms with E-state index in [1.165, 1.54) is 18.2 Å². The number of halogens is 2. The van der Waals surface area contributed by atoms with E-state index in [0.717, 1.165) is 43.1 Å². The van der Waals surface area contributed by atoms with Crippen LogP contribution in [0.5, 0.6) is 0 Å². The average molecular weight is 406 g/mol. The van der Waals surface area contributed by atoms with Gasteiger partial charge in [-0.15, -0.1) is 0 Å². The molecule has 0 saturated heterocycles. The summed E-state index contributed by atoms with van der Waals surface area (Å²) in [7, 11) is 3.90. The van der Waals surface area contributed by atoms with E-state index in [1.807, 2.05) is 32.0 Å². The lowest BCUT2D eigenvalue weighted by atomic mass is 9.85. The summed E-state index contributed by atoms with van der Waals surface area (Å²) < 4.78 is 13.2. The Bertz CT molecular complexity index is 852. The number of aryl methyl sites for hydroxylation is 1. The SMILES string of the molecule is Cc1nc(N[C@H]2CC[C@@H](C(=O)Nc3ccc(F)c(Cl)c3)CC2)cc(N(C)C)n1. The predicted octanol–water partition coefficient (Wildman–Crippen LogP) is 4.25. The number of carbonyl (C=O) groups is 1. The van der Waals surface area contributed by atoms with Gasteiger partial charge in [0.1, 0.15) is 23.3 Å². The van der Waals surface area contributed by atoms with Crippen molar-refractivity contribution >= 4 is 34.8 Å². The van der Waals surface area contributed by atoms with Gasteiger partial charge in [0.25, 0.3) is 0 Å². The molecule has 1 aromatic heterocycles. The Kier molecular flexibility index (Phi) is 6.34. The molecular formula is C20H25ClFN5O. The van der Waals surface area contributed by atoms with Crippen molar-refractivity contribution in [3.8, 4) is 0 Å². The second-order valence-corrected chi connectivity index (χ2v) is 7.77. The van der Waals surface area contributed by atoms with Gasteiger partial charge in [-0.05, 0) is 50.8 Å². The first-order valence-corrected chi connectivity index (χ1v) is 9.75. The number of benzene rings is 1. The second-order valence-electron chi connectivity index (χ2n) is 7.36. The van der Waals surface area contributed by atoms with E-state index in [4.69, 9.17) is 11.6 Å². The molecule has 0 aliphatic heterocycles. The molecule has 3 rings (SSSR count). The number of rotatable bonds is 5. The highest BCUT2D eigenvalue weighted by molar-refractivity contribution is 6.31. The van der Waals surface area contributed by atoms with Crippen molar-refractivity contribution in [1.29, 1.82) is 0 Å². The first-order valence-electron chi connectivity index (χ1n) is 9.37. The van der Waals surface area contributed by atoms with Gasteiger partial charge in [-0.25, -0.2) is 14.4 Å². The molecule has 0 bridgehead atoms. The molecule has 8 heteroatoms. The van der Waals surface area contributed by atoms with Gasteiger partial charge in [0.05, 0.1) is 5.02 Å². The molecule has 1 aromatic carbocycles. The number of aromatic nitrogens is 2. The lowest BCUT2D eigenvalue weighted by Gasteiger charge is -2.29. The summed E-state index contributed by atoms with van der Waals surface area (Å²) in [4.78, 5) is 23.3. The van der Waals surface area contributed by atoms with Crippen LogP contribution in [0.3, 0.4) is 0 Å². The third-order valence-corrected chi connectivity index (χ3v) is 5.21. The summed E-state index contributed by atoms with van der Waals surface area (Å²) in [5.74, 6) is 1.79. The molecule has 0 atom stereocenters. The largest absolute Gasteiger partial charge is 0.367 e. The molecule has 1 aliphatic rings. The molecule has 150 valence electrons. The maximum Gasteiger partial charge on any atom is 0.227 e. The van der Waals surface area contributed by atoms with Gasteiger partial charge in [-0.3, -0.25) is 4.79 Å². The van der Waals surface area contributed by atoms with Gasteiger partial charge in [-0.1, -0.05) is 11.6 Å². The number of carbonyl (C=O) groups excluding carboxylic acids is 1. The Morgan fingerprint density at radius 1 is 1.18 bits per heavy atom. The monoisotopic (exact) mass is 405 g/mol. The molecule has 0 unspecified atom stereocenters. The van der Waals surface area contributed by atoms with Gasteiger partial charge in [0.2, 0.25) is 5.91 Å². The van der Waals surface area contributed by atoms with Crippen LogP contribution >= 0.6 is 11.6 Å².